The van der Waals surface area contributed by atoms with Crippen molar-refractivity contribution in [3.05, 3.63) is 82.2 Å². The van der Waals surface area contributed by atoms with Gasteiger partial charge in [0, 0.05) is 17.0 Å². The van der Waals surface area contributed by atoms with Gasteiger partial charge in [0.15, 0.2) is 17.1 Å². The van der Waals surface area contributed by atoms with Crippen LogP contribution in [0.15, 0.2) is 69.9 Å². The van der Waals surface area contributed by atoms with Crippen LogP contribution in [0.4, 0.5) is 0 Å². The number of fused-ring (bicyclic) bond motifs is 4. The SMILES string of the molecule is COc1ccc(-c2cc(=O)oc3c4c(ccc23)OC[NH+](Cc2ccc3c(c2)OCO3)C4)cc1. The predicted molar refractivity (Wildman–Crippen MR) is 121 cm³/mol. The Labute approximate surface area is 189 Å². The summed E-state index contributed by atoms with van der Waals surface area (Å²) in [5, 5.41) is 0.881. The summed E-state index contributed by atoms with van der Waals surface area (Å²) in [6.45, 7) is 2.20. The fourth-order valence-corrected chi connectivity index (χ4v) is 4.51. The quantitative estimate of drug-likeness (QED) is 0.488. The molecule has 0 saturated heterocycles. The molecule has 0 radical (unpaired) electrons. The lowest BCUT2D eigenvalue weighted by molar-refractivity contribution is -0.945. The van der Waals surface area contributed by atoms with E-state index in [1.807, 2.05) is 54.6 Å². The van der Waals surface area contributed by atoms with Gasteiger partial charge in [0.1, 0.15) is 24.6 Å². The molecule has 33 heavy (non-hydrogen) atoms. The summed E-state index contributed by atoms with van der Waals surface area (Å²) in [6.07, 6.45) is 0. The van der Waals surface area contributed by atoms with Gasteiger partial charge >= 0.3 is 5.63 Å². The van der Waals surface area contributed by atoms with Crippen LogP contribution < -0.4 is 29.5 Å². The molecule has 1 unspecified atom stereocenters. The first-order valence-corrected chi connectivity index (χ1v) is 10.8. The molecule has 7 heteroatoms. The molecule has 0 saturated carbocycles. The summed E-state index contributed by atoms with van der Waals surface area (Å²) in [5.41, 5.74) is 3.98. The van der Waals surface area contributed by atoms with Crippen molar-refractivity contribution in [2.24, 2.45) is 0 Å². The molecule has 0 spiro atoms. The molecule has 0 fully saturated rings. The fourth-order valence-electron chi connectivity index (χ4n) is 4.51. The second-order valence-electron chi connectivity index (χ2n) is 8.21. The molecule has 1 N–H and O–H groups in total. The molecule has 1 aromatic heterocycles. The number of hydrogen-bond donors (Lipinski definition) is 1. The normalized spacial score (nSPS) is 16.3. The number of quaternary nitrogens is 1. The Morgan fingerprint density at radius 3 is 2.58 bits per heavy atom. The van der Waals surface area contributed by atoms with Crippen molar-refractivity contribution in [2.75, 3.05) is 20.6 Å². The minimum absolute atomic E-state index is 0.257. The molecular formula is C26H22NO6+. The summed E-state index contributed by atoms with van der Waals surface area (Å²) < 4.78 is 27.9. The monoisotopic (exact) mass is 444 g/mol. The van der Waals surface area contributed by atoms with Crippen molar-refractivity contribution in [1.82, 2.24) is 0 Å². The maximum absolute atomic E-state index is 12.5. The van der Waals surface area contributed by atoms with Crippen LogP contribution in [-0.4, -0.2) is 20.6 Å². The standard InChI is InChI=1S/C26H21NO6/c1-29-18-5-3-17(4-6-18)20-11-25(28)33-26-19(20)7-9-22-21(26)13-27(14-30-22)12-16-2-8-23-24(10-16)32-15-31-23/h2-11H,12-15H2,1H3/p+1. The van der Waals surface area contributed by atoms with Crippen molar-refractivity contribution in [1.29, 1.82) is 0 Å². The molecular weight excluding hydrogens is 422 g/mol. The topological polar surface area (TPSA) is 71.6 Å². The van der Waals surface area contributed by atoms with Gasteiger partial charge in [-0.15, -0.1) is 0 Å². The van der Waals surface area contributed by atoms with Gasteiger partial charge in [-0.25, -0.2) is 4.79 Å². The van der Waals surface area contributed by atoms with Crippen LogP contribution in [0.25, 0.3) is 22.1 Å². The Bertz CT molecular complexity index is 1410. The highest BCUT2D eigenvalue weighted by atomic mass is 16.7. The van der Waals surface area contributed by atoms with E-state index >= 15 is 0 Å². The molecule has 3 heterocycles. The van der Waals surface area contributed by atoms with Gasteiger partial charge in [-0.05, 0) is 53.6 Å². The van der Waals surface area contributed by atoms with Crippen LogP contribution in [-0.2, 0) is 13.1 Å². The second-order valence-corrected chi connectivity index (χ2v) is 8.21. The maximum atomic E-state index is 12.5. The van der Waals surface area contributed by atoms with Gasteiger partial charge in [-0.3, -0.25) is 4.90 Å². The van der Waals surface area contributed by atoms with Crippen LogP contribution in [0.3, 0.4) is 0 Å². The number of ether oxygens (including phenoxy) is 4. The van der Waals surface area contributed by atoms with E-state index in [0.717, 1.165) is 57.2 Å². The maximum Gasteiger partial charge on any atom is 0.336 e. The first-order chi connectivity index (χ1) is 16.2. The first kappa shape index (κ1) is 19.7. The Hall–Kier alpha value is -3.97. The zero-order valence-corrected chi connectivity index (χ0v) is 18.1. The second kappa shape index (κ2) is 7.86. The van der Waals surface area contributed by atoms with Gasteiger partial charge in [0.05, 0.1) is 12.7 Å². The number of rotatable bonds is 4. The van der Waals surface area contributed by atoms with E-state index in [9.17, 15) is 4.79 Å². The highest BCUT2D eigenvalue weighted by Crippen LogP contribution is 2.35. The molecule has 0 aliphatic carbocycles. The summed E-state index contributed by atoms with van der Waals surface area (Å²) in [4.78, 5) is 13.7. The molecule has 7 nitrogen and oxygen atoms in total. The van der Waals surface area contributed by atoms with E-state index in [0.29, 0.717) is 18.9 Å². The molecule has 3 aromatic carbocycles. The third kappa shape index (κ3) is 3.56. The van der Waals surface area contributed by atoms with E-state index in [-0.39, 0.29) is 12.4 Å². The number of benzene rings is 3. The van der Waals surface area contributed by atoms with Crippen LogP contribution >= 0.6 is 0 Å². The third-order valence-electron chi connectivity index (χ3n) is 6.12. The van der Waals surface area contributed by atoms with E-state index < -0.39 is 0 Å². The molecule has 1 atom stereocenters. The summed E-state index contributed by atoms with van der Waals surface area (Å²) in [7, 11) is 1.63. The highest BCUT2D eigenvalue weighted by molar-refractivity contribution is 5.95. The van der Waals surface area contributed by atoms with Gasteiger partial charge < -0.3 is 23.4 Å². The molecule has 166 valence electrons. The first-order valence-electron chi connectivity index (χ1n) is 10.8. The van der Waals surface area contributed by atoms with Crippen molar-refractivity contribution >= 4 is 11.0 Å². The molecule has 2 aliphatic rings. The zero-order valence-electron chi connectivity index (χ0n) is 18.1. The van der Waals surface area contributed by atoms with Crippen LogP contribution in [0, 0.1) is 0 Å². The summed E-state index contributed by atoms with van der Waals surface area (Å²) in [6, 6.07) is 19.1. The van der Waals surface area contributed by atoms with Crippen LogP contribution in [0.1, 0.15) is 11.1 Å². The summed E-state index contributed by atoms with van der Waals surface area (Å²) >= 11 is 0. The molecule has 4 aromatic rings. The minimum Gasteiger partial charge on any atom is -0.497 e. The van der Waals surface area contributed by atoms with E-state index in [1.165, 1.54) is 11.0 Å². The van der Waals surface area contributed by atoms with Crippen molar-refractivity contribution in [2.45, 2.75) is 13.1 Å². The number of nitrogens with one attached hydrogen (secondary N) is 1. The lowest BCUT2D eigenvalue weighted by Gasteiger charge is -2.26. The third-order valence-corrected chi connectivity index (χ3v) is 6.12. The van der Waals surface area contributed by atoms with E-state index in [2.05, 4.69) is 0 Å². The van der Waals surface area contributed by atoms with Gasteiger partial charge in [0.2, 0.25) is 13.5 Å². The Kier molecular flexibility index (Phi) is 4.69. The molecule has 0 bridgehead atoms. The Morgan fingerprint density at radius 1 is 0.909 bits per heavy atom. The Balaban J connectivity index is 1.36. The van der Waals surface area contributed by atoms with E-state index in [1.54, 1.807) is 7.11 Å². The van der Waals surface area contributed by atoms with Crippen molar-refractivity contribution < 1.29 is 28.3 Å². The highest BCUT2D eigenvalue weighted by Gasteiger charge is 2.26. The van der Waals surface area contributed by atoms with Gasteiger partial charge in [-0.2, -0.15) is 0 Å². The smallest absolute Gasteiger partial charge is 0.336 e. The lowest BCUT2D eigenvalue weighted by atomic mass is 9.99. The van der Waals surface area contributed by atoms with Crippen LogP contribution in [0.5, 0.6) is 23.0 Å². The van der Waals surface area contributed by atoms with E-state index in [4.69, 9.17) is 23.4 Å². The average Bonchev–Trinajstić information content (AvgIpc) is 3.31. The van der Waals surface area contributed by atoms with Crippen molar-refractivity contribution in [3.8, 4) is 34.1 Å². The van der Waals surface area contributed by atoms with Crippen LogP contribution in [0.2, 0.25) is 0 Å². The number of hydrogen-bond acceptors (Lipinski definition) is 6. The van der Waals surface area contributed by atoms with Crippen molar-refractivity contribution in [3.63, 3.8) is 0 Å². The molecule has 2 aliphatic heterocycles. The number of methoxy groups -OCH3 is 1. The largest absolute Gasteiger partial charge is 0.497 e. The zero-order chi connectivity index (χ0) is 22.4. The average molecular weight is 444 g/mol. The minimum atomic E-state index is -0.385. The summed E-state index contributed by atoms with van der Waals surface area (Å²) in [5.74, 6) is 3.06. The lowest BCUT2D eigenvalue weighted by Crippen LogP contribution is -3.10. The Morgan fingerprint density at radius 2 is 1.73 bits per heavy atom. The fraction of sp³-hybridized carbons (Fsp3) is 0.192. The molecule has 0 amide bonds. The van der Waals surface area contributed by atoms with Gasteiger partial charge in [0.25, 0.3) is 0 Å². The molecule has 6 rings (SSSR count). The predicted octanol–water partition coefficient (Wildman–Crippen LogP) is 3.13. The van der Waals surface area contributed by atoms with Gasteiger partial charge in [-0.1, -0.05) is 12.1 Å².